The summed E-state index contributed by atoms with van der Waals surface area (Å²) in [7, 11) is 0. The summed E-state index contributed by atoms with van der Waals surface area (Å²) in [5, 5.41) is 1.22. The van der Waals surface area contributed by atoms with Crippen LogP contribution in [0.4, 0.5) is 0 Å². The van der Waals surface area contributed by atoms with Crippen molar-refractivity contribution < 1.29 is 4.84 Å². The van der Waals surface area contributed by atoms with Crippen molar-refractivity contribution >= 4 is 22.7 Å². The zero-order valence-corrected chi connectivity index (χ0v) is 10.5. The Morgan fingerprint density at radius 1 is 1.25 bits per heavy atom. The number of thioether (sulfide) groups is 1. The standard InChI is InChI=1S/C13H17NOS/c1-3-13(16-4-2)15-14-10-9-11-7-5-6-8-12(11)14/h5-10,13H,3-4H2,1-2H3. The Bertz CT molecular complexity index is 452. The van der Waals surface area contributed by atoms with Gasteiger partial charge in [0.05, 0.1) is 5.52 Å². The molecule has 16 heavy (non-hydrogen) atoms. The molecule has 0 fully saturated rings. The van der Waals surface area contributed by atoms with E-state index in [0.29, 0.717) is 0 Å². The third-order valence-corrected chi connectivity index (χ3v) is 3.61. The highest BCUT2D eigenvalue weighted by Gasteiger charge is 2.08. The Balaban J connectivity index is 2.20. The fourth-order valence-electron chi connectivity index (χ4n) is 1.68. The van der Waals surface area contributed by atoms with Gasteiger partial charge in [-0.25, -0.2) is 0 Å². The molecule has 1 atom stereocenters. The monoisotopic (exact) mass is 235 g/mol. The maximum atomic E-state index is 5.94. The van der Waals surface area contributed by atoms with Crippen molar-refractivity contribution in [2.24, 2.45) is 0 Å². The van der Waals surface area contributed by atoms with Crippen LogP contribution in [0.15, 0.2) is 36.5 Å². The van der Waals surface area contributed by atoms with Crippen LogP contribution in [0.3, 0.4) is 0 Å². The van der Waals surface area contributed by atoms with Gasteiger partial charge in [0.2, 0.25) is 0 Å². The lowest BCUT2D eigenvalue weighted by molar-refractivity contribution is 0.0978. The minimum atomic E-state index is 0.237. The highest BCUT2D eigenvalue weighted by Crippen LogP contribution is 2.18. The number of rotatable bonds is 5. The second-order valence-corrected chi connectivity index (χ2v) is 5.04. The minimum Gasteiger partial charge on any atom is -0.400 e. The van der Waals surface area contributed by atoms with E-state index < -0.39 is 0 Å². The number of para-hydroxylation sites is 1. The summed E-state index contributed by atoms with van der Waals surface area (Å²) in [6.07, 6.45) is 3.01. The summed E-state index contributed by atoms with van der Waals surface area (Å²) >= 11 is 1.84. The van der Waals surface area contributed by atoms with Gasteiger partial charge in [0.15, 0.2) is 5.44 Å². The molecule has 3 heteroatoms. The van der Waals surface area contributed by atoms with Crippen LogP contribution in [0.25, 0.3) is 10.9 Å². The number of aromatic nitrogens is 1. The molecular formula is C13H17NOS. The van der Waals surface area contributed by atoms with E-state index in [2.05, 4.69) is 32.0 Å². The largest absolute Gasteiger partial charge is 0.400 e. The number of hydrogen-bond acceptors (Lipinski definition) is 2. The molecule has 0 radical (unpaired) electrons. The van der Waals surface area contributed by atoms with Crippen LogP contribution < -0.4 is 4.84 Å². The molecule has 2 aromatic rings. The summed E-state index contributed by atoms with van der Waals surface area (Å²) in [6.45, 7) is 4.31. The summed E-state index contributed by atoms with van der Waals surface area (Å²) in [6, 6.07) is 10.3. The summed E-state index contributed by atoms with van der Waals surface area (Å²) in [4.78, 5) is 5.94. The molecule has 0 saturated carbocycles. The van der Waals surface area contributed by atoms with E-state index in [9.17, 15) is 0 Å². The van der Waals surface area contributed by atoms with Gasteiger partial charge in [-0.05, 0) is 24.3 Å². The van der Waals surface area contributed by atoms with E-state index in [1.54, 1.807) is 0 Å². The van der Waals surface area contributed by atoms with Gasteiger partial charge in [-0.15, -0.1) is 11.8 Å². The van der Waals surface area contributed by atoms with Gasteiger partial charge < -0.3 is 4.84 Å². The fourth-order valence-corrected chi connectivity index (χ4v) is 2.45. The lowest BCUT2D eigenvalue weighted by atomic mass is 10.3. The van der Waals surface area contributed by atoms with Crippen molar-refractivity contribution in [1.29, 1.82) is 0 Å². The second-order valence-electron chi connectivity index (χ2n) is 3.60. The molecule has 1 aromatic carbocycles. The Labute approximate surface area is 101 Å². The summed E-state index contributed by atoms with van der Waals surface area (Å²) in [5.41, 5.74) is 1.37. The topological polar surface area (TPSA) is 14.2 Å². The van der Waals surface area contributed by atoms with Crippen molar-refractivity contribution in [1.82, 2.24) is 4.73 Å². The summed E-state index contributed by atoms with van der Waals surface area (Å²) in [5.74, 6) is 1.08. The minimum absolute atomic E-state index is 0.237. The van der Waals surface area contributed by atoms with Gasteiger partial charge in [0, 0.05) is 11.6 Å². The Morgan fingerprint density at radius 2 is 2.06 bits per heavy atom. The van der Waals surface area contributed by atoms with Crippen molar-refractivity contribution in [2.75, 3.05) is 5.75 Å². The molecule has 0 aliphatic heterocycles. The quantitative estimate of drug-likeness (QED) is 0.736. The fraction of sp³-hybridized carbons (Fsp3) is 0.385. The number of fused-ring (bicyclic) bond motifs is 1. The zero-order valence-electron chi connectivity index (χ0n) is 9.72. The Morgan fingerprint density at radius 3 is 2.81 bits per heavy atom. The summed E-state index contributed by atoms with van der Waals surface area (Å²) < 4.78 is 1.88. The van der Waals surface area contributed by atoms with Crippen molar-refractivity contribution in [3.63, 3.8) is 0 Å². The van der Waals surface area contributed by atoms with Crippen LogP contribution in [0.1, 0.15) is 20.3 Å². The van der Waals surface area contributed by atoms with Crippen LogP contribution in [0.5, 0.6) is 0 Å². The second kappa shape index (κ2) is 5.30. The SMILES string of the molecule is CCSC(CC)On1ccc2ccccc21. The molecule has 0 spiro atoms. The molecule has 0 aliphatic carbocycles. The van der Waals surface area contributed by atoms with Crippen molar-refractivity contribution in [3.05, 3.63) is 36.5 Å². The third kappa shape index (κ3) is 2.35. The van der Waals surface area contributed by atoms with E-state index in [0.717, 1.165) is 17.7 Å². The molecular weight excluding hydrogens is 218 g/mol. The van der Waals surface area contributed by atoms with Crippen LogP contribution in [0.2, 0.25) is 0 Å². The lowest BCUT2D eigenvalue weighted by Gasteiger charge is -2.17. The average Bonchev–Trinajstić information content (AvgIpc) is 2.72. The van der Waals surface area contributed by atoms with Gasteiger partial charge in [-0.1, -0.05) is 32.0 Å². The molecule has 2 rings (SSSR count). The van der Waals surface area contributed by atoms with Crippen LogP contribution in [0, 0.1) is 0 Å². The van der Waals surface area contributed by atoms with E-state index in [1.807, 2.05) is 34.8 Å². The van der Waals surface area contributed by atoms with Crippen LogP contribution in [-0.2, 0) is 0 Å². The Hall–Kier alpha value is -1.09. The third-order valence-electron chi connectivity index (χ3n) is 2.48. The smallest absolute Gasteiger partial charge is 0.170 e. The van der Waals surface area contributed by atoms with E-state index in [-0.39, 0.29) is 5.44 Å². The predicted octanol–water partition coefficient (Wildman–Crippen LogP) is 3.56. The maximum absolute atomic E-state index is 5.94. The van der Waals surface area contributed by atoms with Crippen LogP contribution in [-0.4, -0.2) is 15.9 Å². The first-order valence-corrected chi connectivity index (χ1v) is 6.75. The van der Waals surface area contributed by atoms with Gasteiger partial charge in [-0.3, -0.25) is 0 Å². The first-order valence-electron chi connectivity index (χ1n) is 5.70. The van der Waals surface area contributed by atoms with Crippen molar-refractivity contribution in [3.8, 4) is 0 Å². The Kier molecular flexibility index (Phi) is 3.78. The number of hydrogen-bond donors (Lipinski definition) is 0. The molecule has 0 bridgehead atoms. The molecule has 1 aromatic heterocycles. The number of benzene rings is 1. The van der Waals surface area contributed by atoms with E-state index in [1.165, 1.54) is 5.39 Å². The maximum Gasteiger partial charge on any atom is 0.170 e. The molecule has 0 amide bonds. The molecule has 0 N–H and O–H groups in total. The first kappa shape index (κ1) is 11.4. The normalized spacial score (nSPS) is 12.9. The lowest BCUT2D eigenvalue weighted by Crippen LogP contribution is -2.20. The van der Waals surface area contributed by atoms with Crippen LogP contribution >= 0.6 is 11.8 Å². The molecule has 0 aliphatic rings. The van der Waals surface area contributed by atoms with E-state index >= 15 is 0 Å². The molecule has 1 unspecified atom stereocenters. The molecule has 0 saturated heterocycles. The van der Waals surface area contributed by atoms with Gasteiger partial charge in [0.25, 0.3) is 0 Å². The molecule has 2 nitrogen and oxygen atoms in total. The van der Waals surface area contributed by atoms with Gasteiger partial charge in [-0.2, -0.15) is 4.73 Å². The van der Waals surface area contributed by atoms with Crippen molar-refractivity contribution in [2.45, 2.75) is 25.7 Å². The average molecular weight is 235 g/mol. The van der Waals surface area contributed by atoms with Gasteiger partial charge >= 0.3 is 0 Å². The highest BCUT2D eigenvalue weighted by atomic mass is 32.2. The first-order chi connectivity index (χ1) is 7.85. The highest BCUT2D eigenvalue weighted by molar-refractivity contribution is 7.99. The number of nitrogens with zero attached hydrogens (tertiary/aromatic N) is 1. The van der Waals surface area contributed by atoms with Gasteiger partial charge in [0.1, 0.15) is 0 Å². The zero-order chi connectivity index (χ0) is 11.4. The van der Waals surface area contributed by atoms with E-state index in [4.69, 9.17) is 4.84 Å². The molecule has 1 heterocycles. The molecule has 86 valence electrons. The predicted molar refractivity (Wildman–Crippen MR) is 70.7 cm³/mol.